The smallest absolute Gasteiger partial charge is 0.338 e. The minimum atomic E-state index is -2.54. The number of fused-ring (bicyclic) bond motifs is 5. The minimum absolute atomic E-state index is 0.111. The quantitative estimate of drug-likeness (QED) is 0.129. The Labute approximate surface area is 313 Å². The summed E-state index contributed by atoms with van der Waals surface area (Å²) < 4.78 is 38.5. The number of aliphatic hydroxyl groups excluding tert-OH is 1. The van der Waals surface area contributed by atoms with Crippen LogP contribution in [0, 0.1) is 16.7 Å². The van der Waals surface area contributed by atoms with Gasteiger partial charge in [0.25, 0.3) is 0 Å². The largest absolute Gasteiger partial charge is 0.455 e. The molecular weight excluding hydrogens is 701 g/mol. The molecule has 3 aliphatic carbocycles. The van der Waals surface area contributed by atoms with Crippen LogP contribution in [0.3, 0.4) is 0 Å². The predicted octanol–water partition coefficient (Wildman–Crippen LogP) is 4.86. The van der Waals surface area contributed by atoms with E-state index in [2.05, 4.69) is 27.4 Å². The van der Waals surface area contributed by atoms with Crippen molar-refractivity contribution in [3.8, 4) is 0 Å². The van der Waals surface area contributed by atoms with E-state index in [0.717, 1.165) is 18.1 Å². The molecule has 13 heteroatoms. The van der Waals surface area contributed by atoms with Crippen LogP contribution in [0.25, 0.3) is 0 Å². The maximum atomic E-state index is 15.8. The van der Waals surface area contributed by atoms with Gasteiger partial charge >= 0.3 is 17.9 Å². The normalized spacial score (nSPS) is 36.1. The van der Waals surface area contributed by atoms with Crippen LogP contribution >= 0.6 is 0 Å². The van der Waals surface area contributed by atoms with Crippen molar-refractivity contribution < 1.29 is 57.5 Å². The molecule has 10 atom stereocenters. The Morgan fingerprint density at radius 2 is 1.62 bits per heavy atom. The first-order valence-electron chi connectivity index (χ1n) is 18.7. The van der Waals surface area contributed by atoms with Crippen LogP contribution in [0.1, 0.15) is 79.1 Å². The number of Topliss-reactive ketones (excluding diaryl/α,β-unsaturated/α-hetero) is 1. The van der Waals surface area contributed by atoms with Crippen LogP contribution in [-0.2, 0) is 42.5 Å². The standard InChI is InChI=1S/C40H56O12Si/c1-11-20-47-34-30(43)23(5)29-31(49-24(6)41)33(44)38(10)27(52-53(12-2,13-3)14-4)21-28-39(22-48-28,51-25(7)42)32(38)35(40(34,46)37(29,8)9)50-36(45)26-18-16-15-17-19-26/h11,15-19,27-28,30-32,34-35,43,46H,1,12-14,20-22H2,2-10H3/t27?,28-,30-,31-,32+,34+,35+,38-,39+,40-/m1/s1. The van der Waals surface area contributed by atoms with Gasteiger partial charge in [-0.3, -0.25) is 14.4 Å². The zero-order chi connectivity index (χ0) is 39.3. The molecule has 2 saturated carbocycles. The van der Waals surface area contributed by atoms with Crippen LogP contribution in [0.15, 0.2) is 54.1 Å². The minimum Gasteiger partial charge on any atom is -0.455 e. The molecule has 0 aromatic heterocycles. The molecule has 2 bridgehead atoms. The molecule has 1 heterocycles. The van der Waals surface area contributed by atoms with E-state index in [1.54, 1.807) is 58.0 Å². The van der Waals surface area contributed by atoms with Gasteiger partial charge in [0.1, 0.15) is 30.0 Å². The fourth-order valence-electron chi connectivity index (χ4n) is 9.85. The van der Waals surface area contributed by atoms with Gasteiger partial charge in [0.15, 0.2) is 25.8 Å². The number of carbonyl (C=O) groups is 4. The molecule has 2 N–H and O–H groups in total. The summed E-state index contributed by atoms with van der Waals surface area (Å²) in [5, 5.41) is 25.9. The van der Waals surface area contributed by atoms with Crippen molar-refractivity contribution in [3.05, 3.63) is 59.7 Å². The number of hydrogen-bond acceptors (Lipinski definition) is 12. The molecule has 3 fully saturated rings. The molecule has 1 saturated heterocycles. The summed E-state index contributed by atoms with van der Waals surface area (Å²) in [6.45, 7) is 18.6. The number of hydrogen-bond donors (Lipinski definition) is 2. The van der Waals surface area contributed by atoms with E-state index in [4.69, 9.17) is 28.1 Å². The van der Waals surface area contributed by atoms with Crippen molar-refractivity contribution in [3.63, 3.8) is 0 Å². The highest BCUT2D eigenvalue weighted by atomic mass is 28.4. The van der Waals surface area contributed by atoms with Gasteiger partial charge in [-0.2, -0.15) is 0 Å². The summed E-state index contributed by atoms with van der Waals surface area (Å²) >= 11 is 0. The second-order valence-corrected chi connectivity index (χ2v) is 20.5. The summed E-state index contributed by atoms with van der Waals surface area (Å²) in [6, 6.07) is 10.4. The van der Waals surface area contributed by atoms with E-state index >= 15 is 4.79 Å². The van der Waals surface area contributed by atoms with Crippen LogP contribution in [0.5, 0.6) is 0 Å². The topological polar surface area (TPSA) is 164 Å². The van der Waals surface area contributed by atoms with Gasteiger partial charge in [-0.25, -0.2) is 4.79 Å². The zero-order valence-corrected chi connectivity index (χ0v) is 33.4. The third-order valence-corrected chi connectivity index (χ3v) is 17.6. The summed E-state index contributed by atoms with van der Waals surface area (Å²) in [4.78, 5) is 56.3. The third-order valence-electron chi connectivity index (χ3n) is 12.9. The summed E-state index contributed by atoms with van der Waals surface area (Å²) in [5.74, 6) is -4.22. The van der Waals surface area contributed by atoms with E-state index in [0.29, 0.717) is 0 Å². The average molecular weight is 757 g/mol. The first-order valence-corrected chi connectivity index (χ1v) is 21.2. The fourth-order valence-corrected chi connectivity index (χ4v) is 12.8. The Morgan fingerprint density at radius 1 is 1.00 bits per heavy atom. The van der Waals surface area contributed by atoms with E-state index in [-0.39, 0.29) is 36.3 Å². The van der Waals surface area contributed by atoms with E-state index in [1.807, 2.05) is 0 Å². The maximum absolute atomic E-state index is 15.8. The van der Waals surface area contributed by atoms with Crippen molar-refractivity contribution in [1.82, 2.24) is 0 Å². The summed E-state index contributed by atoms with van der Waals surface area (Å²) in [5.41, 5.74) is -6.77. The molecule has 0 radical (unpaired) electrons. The zero-order valence-electron chi connectivity index (χ0n) is 32.4. The molecule has 0 spiro atoms. The second-order valence-electron chi connectivity index (χ2n) is 15.8. The highest BCUT2D eigenvalue weighted by Crippen LogP contribution is 2.65. The van der Waals surface area contributed by atoms with Gasteiger partial charge in [0, 0.05) is 25.7 Å². The van der Waals surface area contributed by atoms with Crippen LogP contribution < -0.4 is 0 Å². The van der Waals surface area contributed by atoms with Crippen LogP contribution in [-0.4, -0.2) is 103 Å². The van der Waals surface area contributed by atoms with Gasteiger partial charge in [-0.05, 0) is 55.3 Å². The molecule has 0 amide bonds. The summed E-state index contributed by atoms with van der Waals surface area (Å²) in [7, 11) is -2.54. The molecule has 53 heavy (non-hydrogen) atoms. The Balaban J connectivity index is 1.94. The number of ether oxygens (including phenoxy) is 5. The summed E-state index contributed by atoms with van der Waals surface area (Å²) in [6.07, 6.45) is -6.50. The number of carbonyl (C=O) groups excluding carboxylic acids is 4. The molecule has 5 rings (SSSR count). The number of rotatable bonds is 12. The average Bonchev–Trinajstić information content (AvgIpc) is 3.11. The molecule has 1 aliphatic heterocycles. The Hall–Kier alpha value is -3.20. The van der Waals surface area contributed by atoms with Crippen LogP contribution in [0.4, 0.5) is 0 Å². The lowest BCUT2D eigenvalue weighted by molar-refractivity contribution is -0.352. The van der Waals surface area contributed by atoms with Gasteiger partial charge in [-0.1, -0.05) is 58.9 Å². The van der Waals surface area contributed by atoms with Gasteiger partial charge in [0.2, 0.25) is 0 Å². The molecule has 1 aromatic carbocycles. The first kappa shape index (κ1) is 41.0. The van der Waals surface area contributed by atoms with Gasteiger partial charge < -0.3 is 38.3 Å². The lowest BCUT2D eigenvalue weighted by Gasteiger charge is -2.69. The third kappa shape index (κ3) is 6.25. The highest BCUT2D eigenvalue weighted by molar-refractivity contribution is 6.73. The highest BCUT2D eigenvalue weighted by Gasteiger charge is 2.80. The molecule has 4 aliphatic rings. The number of aliphatic hydroxyl groups is 2. The van der Waals surface area contributed by atoms with Crippen molar-refractivity contribution in [2.75, 3.05) is 13.2 Å². The Kier molecular flexibility index (Phi) is 11.4. The lowest BCUT2D eigenvalue weighted by atomic mass is 9.44. The number of esters is 3. The van der Waals surface area contributed by atoms with Gasteiger partial charge in [0.05, 0.1) is 36.2 Å². The maximum Gasteiger partial charge on any atom is 0.338 e. The second kappa shape index (κ2) is 14.8. The van der Waals surface area contributed by atoms with E-state index in [9.17, 15) is 24.6 Å². The lowest BCUT2D eigenvalue weighted by Crippen LogP contribution is -2.84. The van der Waals surface area contributed by atoms with E-state index < -0.39 is 96.6 Å². The Morgan fingerprint density at radius 3 is 2.13 bits per heavy atom. The molecule has 1 aromatic rings. The number of ketones is 1. The van der Waals surface area contributed by atoms with Crippen molar-refractivity contribution in [2.45, 2.75) is 135 Å². The van der Waals surface area contributed by atoms with Crippen LogP contribution in [0.2, 0.25) is 18.1 Å². The van der Waals surface area contributed by atoms with Crippen molar-refractivity contribution in [1.29, 1.82) is 0 Å². The van der Waals surface area contributed by atoms with Crippen molar-refractivity contribution in [2.24, 2.45) is 16.7 Å². The SMILES string of the molecule is C=CCO[C@H]1[C@H](O)C(C)=C2[C@@H](OC(C)=O)C(=O)[C@]3(C)C(O[Si](CC)(CC)CC)C[C@H]4OC[C@@]4(OC(C)=O)[C@H]3[C@H](OC(=O)c3ccccc3)[C@@]1(O)C2(C)C. The monoisotopic (exact) mass is 756 g/mol. The predicted molar refractivity (Wildman–Crippen MR) is 196 cm³/mol. The Bertz CT molecular complexity index is 1630. The molecule has 12 nitrogen and oxygen atoms in total. The van der Waals surface area contributed by atoms with Gasteiger partial charge in [-0.15, -0.1) is 6.58 Å². The van der Waals surface area contributed by atoms with Crippen molar-refractivity contribution >= 4 is 32.0 Å². The molecule has 292 valence electrons. The number of benzene rings is 1. The first-order chi connectivity index (χ1) is 24.9. The fraction of sp³-hybridized carbons (Fsp3) is 0.650. The molecule has 1 unspecified atom stereocenters. The molecular formula is C40H56O12Si. The van der Waals surface area contributed by atoms with E-state index in [1.165, 1.54) is 19.9 Å².